The Bertz CT molecular complexity index is 911. The van der Waals surface area contributed by atoms with Gasteiger partial charge >= 0.3 is 0 Å². The van der Waals surface area contributed by atoms with Gasteiger partial charge in [0.2, 0.25) is 0 Å². The lowest BCUT2D eigenvalue weighted by Gasteiger charge is -2.33. The van der Waals surface area contributed by atoms with Gasteiger partial charge in [-0.15, -0.1) is 10.2 Å². The van der Waals surface area contributed by atoms with Crippen molar-refractivity contribution < 1.29 is 0 Å². The second-order valence-corrected chi connectivity index (χ2v) is 7.36. The molecule has 3 aromatic rings. The highest BCUT2D eigenvalue weighted by Crippen LogP contribution is 2.39. The van der Waals surface area contributed by atoms with E-state index in [9.17, 15) is 0 Å². The van der Waals surface area contributed by atoms with Crippen molar-refractivity contribution in [3.63, 3.8) is 0 Å². The fourth-order valence-corrected chi connectivity index (χ4v) is 3.91. The van der Waals surface area contributed by atoms with Gasteiger partial charge in [0.05, 0.1) is 16.4 Å². The predicted molar refractivity (Wildman–Crippen MR) is 96.2 cm³/mol. The summed E-state index contributed by atoms with van der Waals surface area (Å²) < 4.78 is 1.97. The molecule has 0 radical (unpaired) electrons. The smallest absolute Gasteiger partial charge is 0.177 e. The second kappa shape index (κ2) is 5.95. The zero-order chi connectivity index (χ0) is 16.8. The predicted octanol–water partition coefficient (Wildman–Crippen LogP) is 3.43. The lowest BCUT2D eigenvalue weighted by atomic mass is 9.96. The van der Waals surface area contributed by atoms with E-state index >= 15 is 0 Å². The number of hydrogen-bond acceptors (Lipinski definition) is 5. The third-order valence-corrected chi connectivity index (χ3v) is 5.55. The SMILES string of the molecule is Clc1cnccc1N1CCC(c2nnc3ccc(C4CC4)nn23)CC1. The zero-order valence-corrected chi connectivity index (χ0v) is 14.6. The van der Waals surface area contributed by atoms with Crippen molar-refractivity contribution in [3.05, 3.63) is 47.1 Å². The van der Waals surface area contributed by atoms with Gasteiger partial charge in [0.15, 0.2) is 11.5 Å². The van der Waals surface area contributed by atoms with Crippen molar-refractivity contribution in [1.82, 2.24) is 24.8 Å². The van der Waals surface area contributed by atoms with Crippen LogP contribution in [0.3, 0.4) is 0 Å². The molecule has 2 fully saturated rings. The Labute approximate surface area is 150 Å². The van der Waals surface area contributed by atoms with Crippen LogP contribution in [-0.2, 0) is 0 Å². The fraction of sp³-hybridized carbons (Fsp3) is 0.444. The minimum atomic E-state index is 0.383. The molecule has 0 amide bonds. The molecule has 0 atom stereocenters. The first-order valence-electron chi connectivity index (χ1n) is 8.86. The Hall–Kier alpha value is -2.21. The molecule has 7 heteroatoms. The van der Waals surface area contributed by atoms with Crippen LogP contribution in [-0.4, -0.2) is 37.9 Å². The molecule has 3 aromatic heterocycles. The van der Waals surface area contributed by atoms with E-state index in [1.54, 1.807) is 12.4 Å². The average Bonchev–Trinajstić information content (AvgIpc) is 3.42. The van der Waals surface area contributed by atoms with Crippen LogP contribution in [0.5, 0.6) is 0 Å². The van der Waals surface area contributed by atoms with Gasteiger partial charge in [0.25, 0.3) is 0 Å². The Kier molecular flexibility index (Phi) is 3.59. The maximum absolute atomic E-state index is 6.28. The van der Waals surface area contributed by atoms with E-state index < -0.39 is 0 Å². The van der Waals surface area contributed by atoms with Crippen LogP contribution in [0.25, 0.3) is 5.65 Å². The van der Waals surface area contributed by atoms with Gasteiger partial charge in [-0.25, -0.2) is 0 Å². The Morgan fingerprint density at radius 3 is 2.56 bits per heavy atom. The number of anilines is 1. The van der Waals surface area contributed by atoms with Crippen molar-refractivity contribution in [3.8, 4) is 0 Å². The summed E-state index contributed by atoms with van der Waals surface area (Å²) in [4.78, 5) is 6.39. The lowest BCUT2D eigenvalue weighted by Crippen LogP contribution is -2.33. The van der Waals surface area contributed by atoms with E-state index in [1.807, 2.05) is 16.6 Å². The number of aromatic nitrogens is 5. The summed E-state index contributed by atoms with van der Waals surface area (Å²) in [7, 11) is 0. The molecule has 0 N–H and O–H groups in total. The van der Waals surface area contributed by atoms with Crippen LogP contribution in [0.2, 0.25) is 5.02 Å². The summed E-state index contributed by atoms with van der Waals surface area (Å²) in [6.45, 7) is 1.90. The van der Waals surface area contributed by atoms with Crippen LogP contribution < -0.4 is 4.90 Å². The summed E-state index contributed by atoms with van der Waals surface area (Å²) in [5.41, 5.74) is 3.09. The van der Waals surface area contributed by atoms with Gasteiger partial charge in [-0.2, -0.15) is 9.61 Å². The fourth-order valence-electron chi connectivity index (χ4n) is 3.67. The molecule has 0 bridgehead atoms. The van der Waals surface area contributed by atoms with Gasteiger partial charge in [-0.1, -0.05) is 11.6 Å². The molecule has 2 aliphatic rings. The molecular formula is C18H19ClN6. The maximum atomic E-state index is 6.28. The summed E-state index contributed by atoms with van der Waals surface area (Å²) in [6.07, 6.45) is 8.05. The number of rotatable bonds is 3. The monoisotopic (exact) mass is 354 g/mol. The van der Waals surface area contributed by atoms with Crippen molar-refractivity contribution in [2.75, 3.05) is 18.0 Å². The molecule has 0 spiro atoms. The Balaban J connectivity index is 1.38. The summed E-state index contributed by atoms with van der Waals surface area (Å²) in [5.74, 6) is 2.02. The van der Waals surface area contributed by atoms with Crippen molar-refractivity contribution >= 4 is 22.9 Å². The molecule has 0 unspecified atom stereocenters. The third-order valence-electron chi connectivity index (χ3n) is 5.26. The molecule has 4 heterocycles. The first-order chi connectivity index (χ1) is 12.3. The summed E-state index contributed by atoms with van der Waals surface area (Å²) >= 11 is 6.28. The van der Waals surface area contributed by atoms with Crippen LogP contribution >= 0.6 is 11.6 Å². The minimum absolute atomic E-state index is 0.383. The standard InChI is InChI=1S/C18H19ClN6/c19-14-11-20-8-5-16(14)24-9-6-13(7-10-24)18-22-21-17-4-3-15(12-1-2-12)23-25(17)18/h3-5,8,11-13H,1-2,6-7,9-10H2. The van der Waals surface area contributed by atoms with E-state index in [0.29, 0.717) is 16.9 Å². The number of halogens is 1. The minimum Gasteiger partial charge on any atom is -0.370 e. The zero-order valence-electron chi connectivity index (χ0n) is 13.8. The molecule has 6 nitrogen and oxygen atoms in total. The molecule has 1 saturated heterocycles. The van der Waals surface area contributed by atoms with Gasteiger partial charge in [0.1, 0.15) is 0 Å². The van der Waals surface area contributed by atoms with Gasteiger partial charge in [0, 0.05) is 37.3 Å². The van der Waals surface area contributed by atoms with Crippen molar-refractivity contribution in [2.24, 2.45) is 0 Å². The molecule has 25 heavy (non-hydrogen) atoms. The molecule has 128 valence electrons. The first kappa shape index (κ1) is 15.1. The summed E-state index contributed by atoms with van der Waals surface area (Å²) in [6, 6.07) is 6.13. The quantitative estimate of drug-likeness (QED) is 0.721. The highest BCUT2D eigenvalue weighted by Gasteiger charge is 2.28. The Morgan fingerprint density at radius 1 is 0.960 bits per heavy atom. The first-order valence-corrected chi connectivity index (χ1v) is 9.24. The maximum Gasteiger partial charge on any atom is 0.177 e. The molecular weight excluding hydrogens is 336 g/mol. The molecule has 1 saturated carbocycles. The third kappa shape index (κ3) is 2.74. The van der Waals surface area contributed by atoms with E-state index in [1.165, 1.54) is 18.5 Å². The normalized spacial score (nSPS) is 18.8. The number of hydrogen-bond donors (Lipinski definition) is 0. The van der Waals surface area contributed by atoms with E-state index in [0.717, 1.165) is 43.1 Å². The van der Waals surface area contributed by atoms with Crippen LogP contribution in [0.1, 0.15) is 49.0 Å². The average molecular weight is 355 g/mol. The van der Waals surface area contributed by atoms with E-state index in [-0.39, 0.29) is 0 Å². The molecule has 1 aliphatic carbocycles. The van der Waals surface area contributed by atoms with Gasteiger partial charge in [-0.05, 0) is 43.9 Å². The highest BCUT2D eigenvalue weighted by atomic mass is 35.5. The summed E-state index contributed by atoms with van der Waals surface area (Å²) in [5, 5.41) is 14.3. The van der Waals surface area contributed by atoms with Crippen LogP contribution in [0, 0.1) is 0 Å². The number of piperidine rings is 1. The highest BCUT2D eigenvalue weighted by molar-refractivity contribution is 6.33. The van der Waals surface area contributed by atoms with Crippen LogP contribution in [0.15, 0.2) is 30.6 Å². The van der Waals surface area contributed by atoms with Gasteiger partial charge in [-0.3, -0.25) is 4.98 Å². The van der Waals surface area contributed by atoms with E-state index in [2.05, 4.69) is 26.1 Å². The van der Waals surface area contributed by atoms with Crippen LogP contribution in [0.4, 0.5) is 5.69 Å². The number of pyridine rings is 1. The number of nitrogens with zero attached hydrogens (tertiary/aromatic N) is 6. The topological polar surface area (TPSA) is 59.2 Å². The number of fused-ring (bicyclic) bond motifs is 1. The molecule has 5 rings (SSSR count). The largest absolute Gasteiger partial charge is 0.370 e. The molecule has 0 aromatic carbocycles. The second-order valence-electron chi connectivity index (χ2n) is 6.95. The lowest BCUT2D eigenvalue weighted by molar-refractivity contribution is 0.476. The van der Waals surface area contributed by atoms with Gasteiger partial charge < -0.3 is 4.90 Å². The van der Waals surface area contributed by atoms with Crippen molar-refractivity contribution in [1.29, 1.82) is 0 Å². The van der Waals surface area contributed by atoms with Crippen molar-refractivity contribution in [2.45, 2.75) is 37.5 Å². The van der Waals surface area contributed by atoms with E-state index in [4.69, 9.17) is 16.7 Å². The molecule has 1 aliphatic heterocycles. The Morgan fingerprint density at radius 2 is 1.80 bits per heavy atom.